The molecular weight excluding hydrogens is 394 g/mol. The fraction of sp³-hybridized carbons (Fsp3) is 0.292. The van der Waals surface area contributed by atoms with Gasteiger partial charge in [-0.15, -0.1) is 0 Å². The average molecular weight is 422 g/mol. The van der Waals surface area contributed by atoms with Gasteiger partial charge in [-0.1, -0.05) is 35.6 Å². The predicted octanol–water partition coefficient (Wildman–Crippen LogP) is 4.61. The number of anilines is 1. The van der Waals surface area contributed by atoms with Crippen molar-refractivity contribution in [3.05, 3.63) is 71.3 Å². The highest BCUT2D eigenvalue weighted by Crippen LogP contribution is 2.33. The Morgan fingerprint density at radius 2 is 2.00 bits per heavy atom. The van der Waals surface area contributed by atoms with E-state index in [-0.39, 0.29) is 11.9 Å². The van der Waals surface area contributed by atoms with E-state index in [4.69, 9.17) is 4.74 Å². The minimum absolute atomic E-state index is 0.0569. The molecule has 6 heteroatoms. The second-order valence-corrected chi connectivity index (χ2v) is 8.72. The third-order valence-electron chi connectivity index (χ3n) is 5.44. The van der Waals surface area contributed by atoms with Gasteiger partial charge in [0.2, 0.25) is 0 Å². The molecular formula is C24H27N3O2S. The van der Waals surface area contributed by atoms with Crippen molar-refractivity contribution in [2.75, 3.05) is 25.5 Å². The van der Waals surface area contributed by atoms with Crippen LogP contribution in [0.5, 0.6) is 5.06 Å². The maximum Gasteiger partial charge on any atom is 0.252 e. The van der Waals surface area contributed by atoms with E-state index in [1.165, 1.54) is 0 Å². The molecule has 2 aromatic carbocycles. The van der Waals surface area contributed by atoms with Gasteiger partial charge in [0.05, 0.1) is 19.2 Å². The van der Waals surface area contributed by atoms with Crippen LogP contribution in [-0.2, 0) is 0 Å². The Morgan fingerprint density at radius 3 is 2.70 bits per heavy atom. The van der Waals surface area contributed by atoms with Gasteiger partial charge in [0.25, 0.3) is 5.91 Å². The Kier molecular flexibility index (Phi) is 6.06. The lowest BCUT2D eigenvalue weighted by atomic mass is 10.0. The molecule has 0 radical (unpaired) electrons. The van der Waals surface area contributed by atoms with E-state index in [2.05, 4.69) is 34.1 Å². The van der Waals surface area contributed by atoms with Crippen LogP contribution in [0.2, 0.25) is 0 Å². The third kappa shape index (κ3) is 4.50. The highest BCUT2D eigenvalue weighted by molar-refractivity contribution is 7.17. The fourth-order valence-electron chi connectivity index (χ4n) is 3.49. The van der Waals surface area contributed by atoms with Crippen molar-refractivity contribution in [1.29, 1.82) is 0 Å². The lowest BCUT2D eigenvalue weighted by molar-refractivity contribution is 0.0939. The van der Waals surface area contributed by atoms with Crippen molar-refractivity contribution in [1.82, 2.24) is 10.6 Å². The lowest BCUT2D eigenvalue weighted by Crippen LogP contribution is -2.51. The number of carbonyl (C=O) groups excluding carboxylic acids is 1. The summed E-state index contributed by atoms with van der Waals surface area (Å²) in [4.78, 5) is 14.1. The van der Waals surface area contributed by atoms with Crippen LogP contribution < -0.4 is 20.7 Å². The van der Waals surface area contributed by atoms with Crippen molar-refractivity contribution in [2.45, 2.75) is 25.9 Å². The molecule has 5 nitrogen and oxygen atoms in total. The summed E-state index contributed by atoms with van der Waals surface area (Å²) in [6.45, 7) is 5.90. The zero-order chi connectivity index (χ0) is 21.1. The van der Waals surface area contributed by atoms with E-state index >= 15 is 0 Å². The summed E-state index contributed by atoms with van der Waals surface area (Å²) in [5.41, 5.74) is 4.85. The SMILES string of the molecule is COc1ccc(-c2cccc(C(C)NC(=O)c3cc(NC4CNC4)ccc3C)c2)s1. The molecule has 1 aromatic heterocycles. The average Bonchev–Trinajstić information content (AvgIpc) is 3.21. The molecule has 0 aliphatic carbocycles. The van der Waals surface area contributed by atoms with Crippen LogP contribution in [-0.4, -0.2) is 32.1 Å². The molecule has 1 unspecified atom stereocenters. The summed E-state index contributed by atoms with van der Waals surface area (Å²) in [5, 5.41) is 10.8. The number of carbonyl (C=O) groups is 1. The summed E-state index contributed by atoms with van der Waals surface area (Å²) < 4.78 is 5.30. The second kappa shape index (κ2) is 8.90. The quantitative estimate of drug-likeness (QED) is 0.521. The summed E-state index contributed by atoms with van der Waals surface area (Å²) in [6, 6.07) is 18.6. The number of ether oxygens (including phenoxy) is 1. The van der Waals surface area contributed by atoms with Crippen molar-refractivity contribution < 1.29 is 9.53 Å². The number of thiophene rings is 1. The first kappa shape index (κ1) is 20.4. The Bertz CT molecular complexity index is 1040. The standard InChI is InChI=1S/C24H27N3O2S/c1-15-7-8-19(27-20-13-25-14-20)12-21(15)24(28)26-16(2)17-5-4-6-18(11-17)22-9-10-23(29-3)30-22/h4-12,16,20,25,27H,13-14H2,1-3H3,(H,26,28). The van der Waals surface area contributed by atoms with E-state index in [9.17, 15) is 4.79 Å². The van der Waals surface area contributed by atoms with Crippen molar-refractivity contribution in [3.63, 3.8) is 0 Å². The molecule has 2 heterocycles. The zero-order valence-corrected chi connectivity index (χ0v) is 18.3. The zero-order valence-electron chi connectivity index (χ0n) is 17.5. The number of methoxy groups -OCH3 is 1. The van der Waals surface area contributed by atoms with Crippen molar-refractivity contribution in [3.8, 4) is 15.5 Å². The predicted molar refractivity (Wildman–Crippen MR) is 124 cm³/mol. The number of rotatable bonds is 7. The molecule has 0 saturated carbocycles. The number of amides is 1. The molecule has 0 spiro atoms. The molecule has 3 N–H and O–H groups in total. The van der Waals surface area contributed by atoms with Gasteiger partial charge < -0.3 is 20.7 Å². The van der Waals surface area contributed by atoms with Gasteiger partial charge >= 0.3 is 0 Å². The number of aryl methyl sites for hydroxylation is 1. The van der Waals surface area contributed by atoms with Crippen molar-refractivity contribution >= 4 is 22.9 Å². The Hall–Kier alpha value is -2.83. The van der Waals surface area contributed by atoms with E-state index in [0.717, 1.165) is 45.4 Å². The van der Waals surface area contributed by atoms with Crippen LogP contribution >= 0.6 is 11.3 Å². The number of hydrogen-bond acceptors (Lipinski definition) is 5. The normalized spacial score (nSPS) is 14.6. The maximum absolute atomic E-state index is 13.0. The fourth-order valence-corrected chi connectivity index (χ4v) is 4.30. The molecule has 1 amide bonds. The summed E-state index contributed by atoms with van der Waals surface area (Å²) in [6.07, 6.45) is 0. The van der Waals surface area contributed by atoms with Crippen molar-refractivity contribution in [2.24, 2.45) is 0 Å². The van der Waals surface area contributed by atoms with Gasteiger partial charge in [0.1, 0.15) is 0 Å². The smallest absolute Gasteiger partial charge is 0.252 e. The molecule has 1 atom stereocenters. The molecule has 1 fully saturated rings. The van der Waals surface area contributed by atoms with E-state index in [1.54, 1.807) is 18.4 Å². The van der Waals surface area contributed by atoms with E-state index in [0.29, 0.717) is 11.6 Å². The topological polar surface area (TPSA) is 62.4 Å². The van der Waals surface area contributed by atoms with E-state index in [1.807, 2.05) is 50.2 Å². The van der Waals surface area contributed by atoms with Gasteiger partial charge in [-0.25, -0.2) is 0 Å². The lowest BCUT2D eigenvalue weighted by Gasteiger charge is -2.29. The molecule has 156 valence electrons. The molecule has 1 aliphatic heterocycles. The van der Waals surface area contributed by atoms with Crippen LogP contribution in [0.15, 0.2) is 54.6 Å². The van der Waals surface area contributed by atoms with Gasteiger partial charge in [-0.2, -0.15) is 0 Å². The van der Waals surface area contributed by atoms with Crippen LogP contribution in [0, 0.1) is 6.92 Å². The van der Waals surface area contributed by atoms with Gasteiger partial charge in [-0.05, 0) is 60.9 Å². The summed E-state index contributed by atoms with van der Waals surface area (Å²) >= 11 is 1.61. The molecule has 4 rings (SSSR count). The minimum atomic E-state index is -0.105. The first-order valence-corrected chi connectivity index (χ1v) is 11.0. The summed E-state index contributed by atoms with van der Waals surface area (Å²) in [7, 11) is 1.68. The van der Waals surface area contributed by atoms with Crippen LogP contribution in [0.25, 0.3) is 10.4 Å². The van der Waals surface area contributed by atoms with E-state index < -0.39 is 0 Å². The molecule has 30 heavy (non-hydrogen) atoms. The first-order valence-electron chi connectivity index (χ1n) is 10.2. The Balaban J connectivity index is 1.48. The molecule has 3 aromatic rings. The minimum Gasteiger partial charge on any atom is -0.487 e. The van der Waals surface area contributed by atoms with Gasteiger partial charge in [0, 0.05) is 29.2 Å². The monoisotopic (exact) mass is 421 g/mol. The van der Waals surface area contributed by atoms with Crippen LogP contribution in [0.1, 0.15) is 34.5 Å². The third-order valence-corrected chi connectivity index (χ3v) is 6.53. The molecule has 1 aliphatic rings. The first-order chi connectivity index (χ1) is 14.5. The number of nitrogens with one attached hydrogen (secondary N) is 3. The number of benzene rings is 2. The number of hydrogen-bond donors (Lipinski definition) is 3. The Labute approximate surface area is 181 Å². The van der Waals surface area contributed by atoms with Gasteiger partial charge in [0.15, 0.2) is 5.06 Å². The second-order valence-electron chi connectivity index (χ2n) is 7.67. The van der Waals surface area contributed by atoms with Crippen LogP contribution in [0.3, 0.4) is 0 Å². The summed E-state index contributed by atoms with van der Waals surface area (Å²) in [5.74, 6) is -0.0569. The maximum atomic E-state index is 13.0. The molecule has 0 bridgehead atoms. The Morgan fingerprint density at radius 1 is 1.17 bits per heavy atom. The van der Waals surface area contributed by atoms with Gasteiger partial charge in [-0.3, -0.25) is 4.79 Å². The largest absolute Gasteiger partial charge is 0.487 e. The highest BCUT2D eigenvalue weighted by Gasteiger charge is 2.18. The highest BCUT2D eigenvalue weighted by atomic mass is 32.1. The molecule has 1 saturated heterocycles. The van der Waals surface area contributed by atoms with Crippen LogP contribution in [0.4, 0.5) is 5.69 Å².